The van der Waals surface area contributed by atoms with Crippen LogP contribution in [0.15, 0.2) is 42.5 Å². The van der Waals surface area contributed by atoms with E-state index in [4.69, 9.17) is 13.9 Å². The summed E-state index contributed by atoms with van der Waals surface area (Å²) in [7, 11) is -1.90. The number of carbonyl (C=O) groups is 1. The highest BCUT2D eigenvalue weighted by Crippen LogP contribution is 2.37. The van der Waals surface area contributed by atoms with Crippen molar-refractivity contribution < 1.29 is 18.7 Å². The summed E-state index contributed by atoms with van der Waals surface area (Å²) in [6.07, 6.45) is 2.99. The van der Waals surface area contributed by atoms with Crippen LogP contribution in [-0.2, 0) is 18.7 Å². The Morgan fingerprint density at radius 3 is 2.36 bits per heavy atom. The zero-order chi connectivity index (χ0) is 18.7. The van der Waals surface area contributed by atoms with Crippen molar-refractivity contribution in [3.63, 3.8) is 0 Å². The van der Waals surface area contributed by atoms with Gasteiger partial charge in [-0.1, -0.05) is 57.2 Å². The Hall–Kier alpha value is -1.43. The van der Waals surface area contributed by atoms with Gasteiger partial charge in [-0.05, 0) is 29.8 Å². The van der Waals surface area contributed by atoms with E-state index < -0.39 is 14.4 Å². The second kappa shape index (κ2) is 7.85. The average molecular weight is 363 g/mol. The van der Waals surface area contributed by atoms with Crippen molar-refractivity contribution in [2.75, 3.05) is 6.61 Å². The molecule has 1 heterocycles. The number of ether oxygens (including phenoxy) is 2. The Morgan fingerprint density at radius 2 is 1.80 bits per heavy atom. The van der Waals surface area contributed by atoms with E-state index in [0.717, 1.165) is 5.56 Å². The van der Waals surface area contributed by atoms with Gasteiger partial charge >= 0.3 is 5.97 Å². The summed E-state index contributed by atoms with van der Waals surface area (Å²) >= 11 is 0. The van der Waals surface area contributed by atoms with Gasteiger partial charge in [0, 0.05) is 6.92 Å². The maximum Gasteiger partial charge on any atom is 0.303 e. The summed E-state index contributed by atoms with van der Waals surface area (Å²) in [5.41, 5.74) is 1.08. The maximum atomic E-state index is 11.4. The van der Waals surface area contributed by atoms with Crippen molar-refractivity contribution in [2.45, 2.75) is 64.1 Å². The molecule has 5 heteroatoms. The van der Waals surface area contributed by atoms with E-state index >= 15 is 0 Å². The lowest BCUT2D eigenvalue weighted by molar-refractivity contribution is -0.156. The van der Waals surface area contributed by atoms with Crippen LogP contribution >= 0.6 is 0 Å². The largest absolute Gasteiger partial charge is 0.455 e. The van der Waals surface area contributed by atoms with E-state index in [2.05, 4.69) is 33.9 Å². The highest BCUT2D eigenvalue weighted by Gasteiger charge is 2.39. The van der Waals surface area contributed by atoms with Crippen LogP contribution in [0.5, 0.6) is 0 Å². The Balaban J connectivity index is 2.13. The molecule has 1 aliphatic rings. The second-order valence-electron chi connectivity index (χ2n) is 8.04. The van der Waals surface area contributed by atoms with Crippen LogP contribution in [0.4, 0.5) is 0 Å². The molecule has 0 saturated carbocycles. The maximum absolute atomic E-state index is 11.4. The van der Waals surface area contributed by atoms with Gasteiger partial charge in [0.1, 0.15) is 18.3 Å². The Morgan fingerprint density at radius 1 is 1.16 bits per heavy atom. The third kappa shape index (κ3) is 5.27. The van der Waals surface area contributed by atoms with Gasteiger partial charge in [-0.2, -0.15) is 0 Å². The van der Waals surface area contributed by atoms with Crippen LogP contribution in [-0.4, -0.2) is 33.1 Å². The molecule has 1 aliphatic heterocycles. The molecular weight excluding hydrogens is 332 g/mol. The molecule has 0 N–H and O–H groups in total. The Bertz CT molecular complexity index is 604. The molecule has 0 aromatic heterocycles. The summed E-state index contributed by atoms with van der Waals surface area (Å²) < 4.78 is 18.0. The van der Waals surface area contributed by atoms with E-state index in [-0.39, 0.29) is 23.2 Å². The monoisotopic (exact) mass is 362 g/mol. The van der Waals surface area contributed by atoms with Crippen LogP contribution < -0.4 is 0 Å². The molecule has 0 amide bonds. The Labute approximate surface area is 152 Å². The summed E-state index contributed by atoms with van der Waals surface area (Å²) in [5, 5.41) is 0.118. The van der Waals surface area contributed by atoms with Crippen LogP contribution in [0.1, 0.15) is 39.4 Å². The van der Waals surface area contributed by atoms with Crippen molar-refractivity contribution in [1.29, 1.82) is 0 Å². The van der Waals surface area contributed by atoms with Crippen LogP contribution in [0.3, 0.4) is 0 Å². The molecule has 0 radical (unpaired) electrons. The number of hydrogen-bond donors (Lipinski definition) is 0. The molecule has 2 rings (SSSR count). The molecule has 138 valence electrons. The molecule has 1 aromatic rings. The number of hydrogen-bond acceptors (Lipinski definition) is 4. The Kier molecular flexibility index (Phi) is 6.24. The van der Waals surface area contributed by atoms with E-state index in [0.29, 0.717) is 6.61 Å². The average Bonchev–Trinajstić information content (AvgIpc) is 2.53. The van der Waals surface area contributed by atoms with Crippen molar-refractivity contribution in [2.24, 2.45) is 0 Å². The van der Waals surface area contributed by atoms with Gasteiger partial charge in [-0.3, -0.25) is 4.79 Å². The summed E-state index contributed by atoms with van der Waals surface area (Å²) in [5.74, 6) is -0.311. The van der Waals surface area contributed by atoms with E-state index in [1.807, 2.05) is 42.5 Å². The topological polar surface area (TPSA) is 44.8 Å². The van der Waals surface area contributed by atoms with Crippen molar-refractivity contribution >= 4 is 14.3 Å². The van der Waals surface area contributed by atoms with Crippen LogP contribution in [0.2, 0.25) is 18.1 Å². The van der Waals surface area contributed by atoms with Gasteiger partial charge < -0.3 is 13.9 Å². The predicted molar refractivity (Wildman–Crippen MR) is 102 cm³/mol. The molecule has 0 aliphatic carbocycles. The first kappa shape index (κ1) is 19.9. The van der Waals surface area contributed by atoms with Crippen LogP contribution in [0, 0.1) is 0 Å². The standard InChI is InChI=1S/C20H30O4Si/c1-15(21)23-18-13-12-17(16-10-8-7-9-11-16)24-19(18)14-22-25(5,6)20(2,3)4/h7-13,17-19H,14H2,1-6H3/t17-,18-,19+/m0/s1. The molecule has 0 fully saturated rings. The van der Waals surface area contributed by atoms with E-state index in [1.165, 1.54) is 6.92 Å². The third-order valence-electron chi connectivity index (χ3n) is 5.01. The van der Waals surface area contributed by atoms with Gasteiger partial charge in [0.25, 0.3) is 0 Å². The minimum absolute atomic E-state index is 0.118. The normalized spacial score (nSPS) is 24.2. The number of esters is 1. The molecule has 0 unspecified atom stereocenters. The number of rotatable bonds is 5. The fourth-order valence-electron chi connectivity index (χ4n) is 2.43. The quantitative estimate of drug-likeness (QED) is 0.435. The number of benzene rings is 1. The molecule has 0 spiro atoms. The zero-order valence-electron chi connectivity index (χ0n) is 16.1. The first-order chi connectivity index (χ1) is 11.6. The first-order valence-corrected chi connectivity index (χ1v) is 11.7. The fourth-order valence-corrected chi connectivity index (χ4v) is 3.44. The lowest BCUT2D eigenvalue weighted by Gasteiger charge is -2.39. The van der Waals surface area contributed by atoms with Crippen molar-refractivity contribution in [3.8, 4) is 0 Å². The molecular formula is C20H30O4Si. The molecule has 3 atom stereocenters. The highest BCUT2D eigenvalue weighted by atomic mass is 28.4. The number of carbonyl (C=O) groups excluding carboxylic acids is 1. The lowest BCUT2D eigenvalue weighted by Crippen LogP contribution is -2.46. The van der Waals surface area contributed by atoms with Crippen molar-refractivity contribution in [1.82, 2.24) is 0 Å². The van der Waals surface area contributed by atoms with E-state index in [1.54, 1.807) is 0 Å². The lowest BCUT2D eigenvalue weighted by atomic mass is 10.0. The summed E-state index contributed by atoms with van der Waals surface area (Å²) in [6, 6.07) is 10.0. The van der Waals surface area contributed by atoms with Gasteiger partial charge in [-0.25, -0.2) is 0 Å². The van der Waals surface area contributed by atoms with Gasteiger partial charge in [0.15, 0.2) is 8.32 Å². The minimum Gasteiger partial charge on any atom is -0.455 e. The zero-order valence-corrected chi connectivity index (χ0v) is 17.1. The third-order valence-corrected chi connectivity index (χ3v) is 9.51. The highest BCUT2D eigenvalue weighted by molar-refractivity contribution is 6.74. The van der Waals surface area contributed by atoms with E-state index in [9.17, 15) is 4.79 Å². The predicted octanol–water partition coefficient (Wildman–Crippen LogP) is 4.64. The van der Waals surface area contributed by atoms with Crippen molar-refractivity contribution in [3.05, 3.63) is 48.0 Å². The SMILES string of the molecule is CC(=O)O[C@H]1C=C[C@@H](c2ccccc2)O[C@@H]1CO[Si](C)(C)C(C)(C)C. The molecule has 1 aromatic carbocycles. The summed E-state index contributed by atoms with van der Waals surface area (Å²) in [4.78, 5) is 11.4. The molecule has 0 bridgehead atoms. The molecule has 4 nitrogen and oxygen atoms in total. The molecule has 0 saturated heterocycles. The van der Waals surface area contributed by atoms with Gasteiger partial charge in [0.05, 0.1) is 6.61 Å². The van der Waals surface area contributed by atoms with Gasteiger partial charge in [-0.15, -0.1) is 0 Å². The second-order valence-corrected chi connectivity index (χ2v) is 12.8. The van der Waals surface area contributed by atoms with Crippen LogP contribution in [0.25, 0.3) is 0 Å². The molecule has 25 heavy (non-hydrogen) atoms. The first-order valence-electron chi connectivity index (χ1n) is 8.80. The van der Waals surface area contributed by atoms with Gasteiger partial charge in [0.2, 0.25) is 0 Å². The fraction of sp³-hybridized carbons (Fsp3) is 0.550. The smallest absolute Gasteiger partial charge is 0.303 e. The summed E-state index contributed by atoms with van der Waals surface area (Å²) in [6.45, 7) is 12.9. The minimum atomic E-state index is -1.90.